The van der Waals surface area contributed by atoms with Gasteiger partial charge in [0.1, 0.15) is 5.60 Å². The van der Waals surface area contributed by atoms with Gasteiger partial charge >= 0.3 is 6.03 Å². The molecule has 0 aliphatic heterocycles. The average Bonchev–Trinajstić information content (AvgIpc) is 3.08. The molecule has 0 unspecified atom stereocenters. The van der Waals surface area contributed by atoms with Crippen molar-refractivity contribution in [2.45, 2.75) is 32.9 Å². The van der Waals surface area contributed by atoms with Crippen LogP contribution >= 0.6 is 11.3 Å². The normalized spacial score (nSPS) is 13.9. The van der Waals surface area contributed by atoms with Crippen LogP contribution in [0.15, 0.2) is 29.2 Å². The van der Waals surface area contributed by atoms with Crippen LogP contribution in [0.25, 0.3) is 0 Å². The molecule has 0 aliphatic carbocycles. The number of anilines is 1. The Morgan fingerprint density at radius 2 is 2.32 bits per heavy atom. The molecule has 0 saturated carbocycles. The lowest BCUT2D eigenvalue weighted by atomic mass is 9.99. The molecule has 2 rings (SSSR count). The van der Waals surface area contributed by atoms with Crippen LogP contribution in [0, 0.1) is 5.92 Å². The molecule has 120 valence electrons. The van der Waals surface area contributed by atoms with Gasteiger partial charge in [-0.2, -0.15) is 16.4 Å². The first-order valence-corrected chi connectivity index (χ1v) is 8.13. The lowest BCUT2D eigenvalue weighted by Crippen LogP contribution is -2.40. The molecule has 3 N–H and O–H groups in total. The molecular formula is C15H22N4O2S. The maximum absolute atomic E-state index is 11.9. The van der Waals surface area contributed by atoms with E-state index < -0.39 is 5.60 Å². The van der Waals surface area contributed by atoms with Gasteiger partial charge in [0.25, 0.3) is 0 Å². The van der Waals surface area contributed by atoms with Crippen LogP contribution < -0.4 is 10.6 Å². The number of rotatable bonds is 6. The Bertz CT molecular complexity index is 605. The highest BCUT2D eigenvalue weighted by atomic mass is 32.1. The standard InChI is InChI=1S/C15H22N4O2S/c1-11(2)7-19-8-13(6-17-19)18-14(20)16-10-15(3,21)12-4-5-22-9-12/h4-6,8-9,11,21H,7,10H2,1-3H3,(H2,16,18,20)/t15-/m0/s1. The topological polar surface area (TPSA) is 79.2 Å². The Hall–Kier alpha value is -1.86. The molecule has 0 bridgehead atoms. The molecule has 6 nitrogen and oxygen atoms in total. The van der Waals surface area contributed by atoms with Gasteiger partial charge in [-0.1, -0.05) is 13.8 Å². The third-order valence-corrected chi connectivity index (χ3v) is 3.86. The van der Waals surface area contributed by atoms with Crippen LogP contribution in [0.2, 0.25) is 0 Å². The van der Waals surface area contributed by atoms with Gasteiger partial charge in [-0.25, -0.2) is 4.79 Å². The molecule has 0 saturated heterocycles. The summed E-state index contributed by atoms with van der Waals surface area (Å²) in [6, 6.07) is 1.49. The Morgan fingerprint density at radius 1 is 1.55 bits per heavy atom. The van der Waals surface area contributed by atoms with Gasteiger partial charge in [0.05, 0.1) is 18.4 Å². The van der Waals surface area contributed by atoms with Crippen LogP contribution in [0.4, 0.5) is 10.5 Å². The highest BCUT2D eigenvalue weighted by molar-refractivity contribution is 7.08. The molecule has 0 fully saturated rings. The summed E-state index contributed by atoms with van der Waals surface area (Å²) < 4.78 is 1.79. The quantitative estimate of drug-likeness (QED) is 0.765. The molecule has 0 radical (unpaired) electrons. The van der Waals surface area contributed by atoms with E-state index in [2.05, 4.69) is 29.6 Å². The molecule has 2 aromatic heterocycles. The van der Waals surface area contributed by atoms with E-state index in [0.29, 0.717) is 11.6 Å². The number of aromatic nitrogens is 2. The first kappa shape index (κ1) is 16.5. The van der Waals surface area contributed by atoms with Crippen molar-refractivity contribution in [2.24, 2.45) is 5.92 Å². The van der Waals surface area contributed by atoms with Gasteiger partial charge in [-0.15, -0.1) is 0 Å². The summed E-state index contributed by atoms with van der Waals surface area (Å²) in [5, 5.41) is 23.7. The van der Waals surface area contributed by atoms with Gasteiger partial charge < -0.3 is 15.7 Å². The third kappa shape index (κ3) is 4.57. The number of aliphatic hydroxyl groups is 1. The summed E-state index contributed by atoms with van der Waals surface area (Å²) in [7, 11) is 0. The fraction of sp³-hybridized carbons (Fsp3) is 0.467. The highest BCUT2D eigenvalue weighted by Gasteiger charge is 2.24. The van der Waals surface area contributed by atoms with Gasteiger partial charge in [0, 0.05) is 12.7 Å². The van der Waals surface area contributed by atoms with Crippen molar-refractivity contribution < 1.29 is 9.90 Å². The van der Waals surface area contributed by atoms with Crippen LogP contribution in [-0.4, -0.2) is 27.5 Å². The lowest BCUT2D eigenvalue weighted by molar-refractivity contribution is 0.0604. The number of amides is 2. The zero-order valence-electron chi connectivity index (χ0n) is 13.0. The maximum atomic E-state index is 11.9. The number of urea groups is 1. The van der Waals surface area contributed by atoms with E-state index >= 15 is 0 Å². The van der Waals surface area contributed by atoms with Crippen LogP contribution in [0.1, 0.15) is 26.3 Å². The highest BCUT2D eigenvalue weighted by Crippen LogP contribution is 2.22. The molecule has 1 atom stereocenters. The molecule has 2 heterocycles. The van der Waals surface area contributed by atoms with Crippen LogP contribution in [-0.2, 0) is 12.1 Å². The van der Waals surface area contributed by atoms with E-state index in [9.17, 15) is 9.90 Å². The number of thiophene rings is 1. The summed E-state index contributed by atoms with van der Waals surface area (Å²) in [6.45, 7) is 6.82. The second-order valence-electron chi connectivity index (χ2n) is 5.94. The monoisotopic (exact) mass is 322 g/mol. The van der Waals surface area contributed by atoms with Crippen LogP contribution in [0.5, 0.6) is 0 Å². The predicted molar refractivity (Wildman–Crippen MR) is 88.0 cm³/mol. The van der Waals surface area contributed by atoms with E-state index in [4.69, 9.17) is 0 Å². The van der Waals surface area contributed by atoms with Crippen molar-refractivity contribution in [3.8, 4) is 0 Å². The molecule has 2 aromatic rings. The van der Waals surface area contributed by atoms with Crippen molar-refractivity contribution in [1.29, 1.82) is 0 Å². The molecule has 0 aromatic carbocycles. The Labute approximate surface area is 134 Å². The van der Waals surface area contributed by atoms with Crippen LogP contribution in [0.3, 0.4) is 0 Å². The number of carbonyl (C=O) groups is 1. The summed E-state index contributed by atoms with van der Waals surface area (Å²) in [6.07, 6.45) is 3.40. The maximum Gasteiger partial charge on any atom is 0.319 e. The van der Waals surface area contributed by atoms with Gasteiger partial charge in [-0.3, -0.25) is 4.68 Å². The molecule has 0 aliphatic rings. The van der Waals surface area contributed by atoms with Crippen molar-refractivity contribution in [2.75, 3.05) is 11.9 Å². The van der Waals surface area contributed by atoms with Gasteiger partial charge in [-0.05, 0) is 35.2 Å². The zero-order valence-corrected chi connectivity index (χ0v) is 13.9. The molecular weight excluding hydrogens is 300 g/mol. The van der Waals surface area contributed by atoms with E-state index in [1.807, 2.05) is 16.8 Å². The van der Waals surface area contributed by atoms with E-state index in [1.165, 1.54) is 11.3 Å². The van der Waals surface area contributed by atoms with Crippen molar-refractivity contribution in [1.82, 2.24) is 15.1 Å². The SMILES string of the molecule is CC(C)Cn1cc(NC(=O)NC[C@](C)(O)c2ccsc2)cn1. The average molecular weight is 322 g/mol. The minimum atomic E-state index is -1.08. The minimum Gasteiger partial charge on any atom is -0.384 e. The van der Waals surface area contributed by atoms with Crippen molar-refractivity contribution in [3.05, 3.63) is 34.8 Å². The summed E-state index contributed by atoms with van der Waals surface area (Å²) in [5.41, 5.74) is 0.343. The number of hydrogen-bond acceptors (Lipinski definition) is 4. The zero-order chi connectivity index (χ0) is 16.2. The first-order valence-electron chi connectivity index (χ1n) is 7.19. The predicted octanol–water partition coefficient (Wildman–Crippen LogP) is 2.63. The molecule has 2 amide bonds. The van der Waals surface area contributed by atoms with Crippen molar-refractivity contribution in [3.63, 3.8) is 0 Å². The Morgan fingerprint density at radius 3 is 2.95 bits per heavy atom. The largest absolute Gasteiger partial charge is 0.384 e. The first-order chi connectivity index (χ1) is 10.4. The second-order valence-corrected chi connectivity index (χ2v) is 6.72. The fourth-order valence-electron chi connectivity index (χ4n) is 2.00. The van der Waals surface area contributed by atoms with Crippen molar-refractivity contribution >= 4 is 23.1 Å². The minimum absolute atomic E-state index is 0.135. The summed E-state index contributed by atoms with van der Waals surface area (Å²) in [5.74, 6) is 0.488. The number of hydrogen-bond donors (Lipinski definition) is 3. The molecule has 22 heavy (non-hydrogen) atoms. The van der Waals surface area contributed by atoms with Gasteiger partial charge in [0.15, 0.2) is 0 Å². The summed E-state index contributed by atoms with van der Waals surface area (Å²) in [4.78, 5) is 11.9. The molecule has 0 spiro atoms. The smallest absolute Gasteiger partial charge is 0.319 e. The summed E-state index contributed by atoms with van der Waals surface area (Å²) >= 11 is 1.51. The Kier molecular flexibility index (Phi) is 5.20. The number of carbonyl (C=O) groups excluding carboxylic acids is 1. The van der Waals surface area contributed by atoms with E-state index in [-0.39, 0.29) is 12.6 Å². The number of nitrogens with one attached hydrogen (secondary N) is 2. The lowest BCUT2D eigenvalue weighted by Gasteiger charge is -2.22. The van der Waals surface area contributed by atoms with Gasteiger partial charge in [0.2, 0.25) is 0 Å². The van der Waals surface area contributed by atoms with E-state index in [0.717, 1.165) is 12.1 Å². The molecule has 7 heteroatoms. The second kappa shape index (κ2) is 6.93. The fourth-order valence-corrected chi connectivity index (χ4v) is 2.79. The third-order valence-electron chi connectivity index (χ3n) is 3.18. The van der Waals surface area contributed by atoms with E-state index in [1.54, 1.807) is 24.0 Å². The number of nitrogens with zero attached hydrogens (tertiary/aromatic N) is 2. The Balaban J connectivity index is 1.84.